The smallest absolute Gasteiger partial charge is 0.307 e. The summed E-state index contributed by atoms with van der Waals surface area (Å²) in [5.74, 6) is -0.253. The summed E-state index contributed by atoms with van der Waals surface area (Å²) < 4.78 is 39.8. The van der Waals surface area contributed by atoms with Crippen LogP contribution in [0.1, 0.15) is 27.2 Å². The molecule has 0 aliphatic heterocycles. The molecule has 118 valence electrons. The highest BCUT2D eigenvalue weighted by atomic mass is 32.2. The van der Waals surface area contributed by atoms with Crippen molar-refractivity contribution in [2.45, 2.75) is 42.6 Å². The Morgan fingerprint density at radius 2 is 1.71 bits per heavy atom. The average molecular weight is 332 g/mol. The molecule has 21 heavy (non-hydrogen) atoms. The summed E-state index contributed by atoms with van der Waals surface area (Å²) in [5, 5.41) is 0. The minimum Gasteiger partial charge on any atom is -0.460 e. The minimum absolute atomic E-state index is 0.0533. The minimum atomic E-state index is -3.26. The van der Waals surface area contributed by atoms with Gasteiger partial charge in [-0.05, 0) is 45.0 Å². The first kappa shape index (κ1) is 17.8. The van der Waals surface area contributed by atoms with Crippen LogP contribution in [-0.2, 0) is 30.2 Å². The maximum absolute atomic E-state index is 12.0. The Morgan fingerprint density at radius 3 is 2.14 bits per heavy atom. The Hall–Kier alpha value is -1.21. The van der Waals surface area contributed by atoms with Gasteiger partial charge in [-0.15, -0.1) is 0 Å². The van der Waals surface area contributed by atoms with Crippen LogP contribution in [0.3, 0.4) is 0 Å². The summed E-state index contributed by atoms with van der Waals surface area (Å²) in [6, 6.07) is 5.83. The van der Waals surface area contributed by atoms with E-state index in [9.17, 15) is 17.4 Å². The largest absolute Gasteiger partial charge is 0.460 e. The fourth-order valence-corrected chi connectivity index (χ4v) is 3.18. The average Bonchev–Trinajstić information content (AvgIpc) is 2.33. The molecule has 0 saturated heterocycles. The first-order valence-electron chi connectivity index (χ1n) is 6.39. The quantitative estimate of drug-likeness (QED) is 0.770. The van der Waals surface area contributed by atoms with Gasteiger partial charge in [-0.25, -0.2) is 8.42 Å². The third-order valence-electron chi connectivity index (χ3n) is 2.43. The Kier molecular flexibility index (Phi) is 5.69. The van der Waals surface area contributed by atoms with Gasteiger partial charge < -0.3 is 4.74 Å². The SMILES string of the molecule is CC(C)(C)OC(=O)CCS(=O)c1ccc(S(C)(=O)=O)cc1. The molecular formula is C14H20O5S2. The number of carbonyl (C=O) groups excluding carboxylic acids is 1. The molecule has 0 aromatic heterocycles. The summed E-state index contributed by atoms with van der Waals surface area (Å²) in [4.78, 5) is 12.2. The van der Waals surface area contributed by atoms with Crippen molar-refractivity contribution in [3.63, 3.8) is 0 Å². The topological polar surface area (TPSA) is 77.5 Å². The summed E-state index contributed by atoms with van der Waals surface area (Å²) in [7, 11) is -4.63. The zero-order valence-electron chi connectivity index (χ0n) is 12.6. The first-order chi connectivity index (χ1) is 9.49. The molecule has 0 amide bonds. The van der Waals surface area contributed by atoms with E-state index in [2.05, 4.69) is 0 Å². The normalized spacial score (nSPS) is 13.7. The fraction of sp³-hybridized carbons (Fsp3) is 0.500. The summed E-state index contributed by atoms with van der Waals surface area (Å²) in [6.07, 6.45) is 1.17. The van der Waals surface area contributed by atoms with Crippen LogP contribution in [-0.4, -0.2) is 36.2 Å². The summed E-state index contributed by atoms with van der Waals surface area (Å²) in [6.45, 7) is 5.31. The second-order valence-corrected chi connectivity index (χ2v) is 9.22. The van der Waals surface area contributed by atoms with E-state index in [-0.39, 0.29) is 17.1 Å². The Morgan fingerprint density at radius 1 is 1.19 bits per heavy atom. The van der Waals surface area contributed by atoms with Gasteiger partial charge in [-0.2, -0.15) is 0 Å². The van der Waals surface area contributed by atoms with E-state index in [4.69, 9.17) is 4.74 Å². The van der Waals surface area contributed by atoms with E-state index in [0.717, 1.165) is 6.26 Å². The van der Waals surface area contributed by atoms with Gasteiger partial charge in [-0.1, -0.05) is 0 Å². The van der Waals surface area contributed by atoms with E-state index in [0.29, 0.717) is 4.90 Å². The molecule has 0 radical (unpaired) electrons. The van der Waals surface area contributed by atoms with Crippen LogP contribution in [0.4, 0.5) is 0 Å². The molecule has 0 spiro atoms. The van der Waals surface area contributed by atoms with Crippen LogP contribution in [0.15, 0.2) is 34.1 Å². The lowest BCUT2D eigenvalue weighted by Crippen LogP contribution is -2.24. The van der Waals surface area contributed by atoms with Crippen molar-refractivity contribution < 1.29 is 22.2 Å². The molecule has 0 N–H and O–H groups in total. The number of rotatable bonds is 5. The van der Waals surface area contributed by atoms with E-state index >= 15 is 0 Å². The highest BCUT2D eigenvalue weighted by Gasteiger charge is 2.17. The molecule has 0 heterocycles. The van der Waals surface area contributed by atoms with Crippen LogP contribution < -0.4 is 0 Å². The number of sulfone groups is 1. The number of ether oxygens (including phenoxy) is 1. The predicted octanol–water partition coefficient (Wildman–Crippen LogP) is 1.93. The van der Waals surface area contributed by atoms with E-state index in [1.807, 2.05) is 0 Å². The lowest BCUT2D eigenvalue weighted by Gasteiger charge is -2.19. The lowest BCUT2D eigenvalue weighted by atomic mass is 10.2. The zero-order valence-corrected chi connectivity index (χ0v) is 14.2. The third kappa shape index (κ3) is 6.39. The highest BCUT2D eigenvalue weighted by Crippen LogP contribution is 2.14. The van der Waals surface area contributed by atoms with Crippen molar-refractivity contribution in [3.8, 4) is 0 Å². The number of carbonyl (C=O) groups is 1. The van der Waals surface area contributed by atoms with Crippen molar-refractivity contribution in [1.82, 2.24) is 0 Å². The molecule has 0 aliphatic carbocycles. The first-order valence-corrected chi connectivity index (χ1v) is 9.60. The van der Waals surface area contributed by atoms with Gasteiger partial charge in [0, 0.05) is 16.9 Å². The van der Waals surface area contributed by atoms with Crippen molar-refractivity contribution in [1.29, 1.82) is 0 Å². The van der Waals surface area contributed by atoms with Gasteiger partial charge in [0.25, 0.3) is 0 Å². The molecule has 1 rings (SSSR count). The molecule has 0 aliphatic rings. The van der Waals surface area contributed by atoms with Crippen LogP contribution in [0.5, 0.6) is 0 Å². The molecular weight excluding hydrogens is 312 g/mol. The standard InChI is InChI=1S/C14H20O5S2/c1-14(2,3)19-13(15)9-10-20(16)11-5-7-12(8-6-11)21(4,17)18/h5-8H,9-10H2,1-4H3. The molecule has 7 heteroatoms. The molecule has 1 aromatic carbocycles. The number of hydrogen-bond donors (Lipinski definition) is 0. The van der Waals surface area contributed by atoms with Crippen LogP contribution in [0.2, 0.25) is 0 Å². The molecule has 0 bridgehead atoms. The fourth-order valence-electron chi connectivity index (χ4n) is 1.53. The number of hydrogen-bond acceptors (Lipinski definition) is 5. The van der Waals surface area contributed by atoms with Crippen molar-refractivity contribution >= 4 is 26.6 Å². The monoisotopic (exact) mass is 332 g/mol. The Labute approximate surface area is 128 Å². The zero-order chi connectivity index (χ0) is 16.3. The van der Waals surface area contributed by atoms with Gasteiger partial charge in [0.05, 0.1) is 22.1 Å². The van der Waals surface area contributed by atoms with Crippen LogP contribution >= 0.6 is 0 Å². The maximum atomic E-state index is 12.0. The van der Waals surface area contributed by atoms with Gasteiger partial charge in [0.15, 0.2) is 9.84 Å². The predicted molar refractivity (Wildman–Crippen MR) is 81.3 cm³/mol. The van der Waals surface area contributed by atoms with E-state index in [1.165, 1.54) is 24.3 Å². The summed E-state index contributed by atoms with van der Waals surface area (Å²) in [5.41, 5.74) is -0.560. The van der Waals surface area contributed by atoms with Gasteiger partial charge in [-0.3, -0.25) is 9.00 Å². The van der Waals surface area contributed by atoms with Crippen molar-refractivity contribution in [3.05, 3.63) is 24.3 Å². The van der Waals surface area contributed by atoms with Crippen LogP contribution in [0.25, 0.3) is 0 Å². The van der Waals surface area contributed by atoms with E-state index < -0.39 is 32.2 Å². The molecule has 1 unspecified atom stereocenters. The van der Waals surface area contributed by atoms with Crippen LogP contribution in [0, 0.1) is 0 Å². The third-order valence-corrected chi connectivity index (χ3v) is 4.93. The number of esters is 1. The molecule has 0 fully saturated rings. The Bertz CT molecular complexity index is 624. The van der Waals surface area contributed by atoms with Gasteiger partial charge in [0.2, 0.25) is 0 Å². The van der Waals surface area contributed by atoms with Crippen molar-refractivity contribution in [2.75, 3.05) is 12.0 Å². The van der Waals surface area contributed by atoms with E-state index in [1.54, 1.807) is 20.8 Å². The van der Waals surface area contributed by atoms with Gasteiger partial charge in [0.1, 0.15) is 5.60 Å². The molecule has 1 aromatic rings. The Balaban J connectivity index is 2.63. The summed E-state index contributed by atoms with van der Waals surface area (Å²) >= 11 is 0. The molecule has 1 atom stereocenters. The molecule has 5 nitrogen and oxygen atoms in total. The maximum Gasteiger partial charge on any atom is 0.307 e. The van der Waals surface area contributed by atoms with Crippen molar-refractivity contribution in [2.24, 2.45) is 0 Å². The number of benzene rings is 1. The highest BCUT2D eigenvalue weighted by molar-refractivity contribution is 7.90. The lowest BCUT2D eigenvalue weighted by molar-refractivity contribution is -0.154. The molecule has 0 saturated carbocycles. The van der Waals surface area contributed by atoms with Gasteiger partial charge >= 0.3 is 5.97 Å². The second kappa shape index (κ2) is 6.70. The second-order valence-electron chi connectivity index (χ2n) is 5.63.